The Morgan fingerprint density at radius 1 is 1.25 bits per heavy atom. The van der Waals surface area contributed by atoms with E-state index in [0.29, 0.717) is 19.5 Å². The first-order chi connectivity index (χ1) is 11.6. The summed E-state index contributed by atoms with van der Waals surface area (Å²) < 4.78 is 33.4. The van der Waals surface area contributed by atoms with E-state index in [-0.39, 0.29) is 5.92 Å². The number of nitrogens with one attached hydrogen (secondary N) is 1. The van der Waals surface area contributed by atoms with Crippen LogP contribution in [0.4, 0.5) is 0 Å². The molecule has 6 nitrogen and oxygen atoms in total. The molecule has 4 rings (SSSR count). The quantitative estimate of drug-likeness (QED) is 0.916. The van der Waals surface area contributed by atoms with E-state index >= 15 is 0 Å². The van der Waals surface area contributed by atoms with Crippen molar-refractivity contribution in [3.05, 3.63) is 53.3 Å². The predicted octanol–water partition coefficient (Wildman–Crippen LogP) is 1.84. The van der Waals surface area contributed by atoms with Gasteiger partial charge in [0.15, 0.2) is 0 Å². The van der Waals surface area contributed by atoms with Crippen LogP contribution in [-0.2, 0) is 21.2 Å². The second-order valence-electron chi connectivity index (χ2n) is 6.50. The Labute approximate surface area is 141 Å². The van der Waals surface area contributed by atoms with Crippen molar-refractivity contribution >= 4 is 10.0 Å². The Morgan fingerprint density at radius 2 is 2.04 bits per heavy atom. The fourth-order valence-corrected chi connectivity index (χ4v) is 5.95. The number of hydrogen-bond acceptors (Lipinski definition) is 4. The molecule has 1 N–H and O–H groups in total. The van der Waals surface area contributed by atoms with Gasteiger partial charge < -0.3 is 4.74 Å². The van der Waals surface area contributed by atoms with Crippen molar-refractivity contribution in [2.24, 2.45) is 0 Å². The highest BCUT2D eigenvalue weighted by atomic mass is 32.2. The summed E-state index contributed by atoms with van der Waals surface area (Å²) in [6.45, 7) is 1.03. The lowest BCUT2D eigenvalue weighted by atomic mass is 9.89. The average Bonchev–Trinajstić information content (AvgIpc) is 3.06. The van der Waals surface area contributed by atoms with Gasteiger partial charge >= 0.3 is 0 Å². The molecule has 24 heavy (non-hydrogen) atoms. The molecule has 1 aliphatic carbocycles. The van der Waals surface area contributed by atoms with E-state index < -0.39 is 21.4 Å². The maximum Gasteiger partial charge on any atom is 0.219 e. The number of aromatic nitrogens is 2. The maximum atomic E-state index is 13.1. The highest BCUT2D eigenvalue weighted by molar-refractivity contribution is 7.89. The van der Waals surface area contributed by atoms with E-state index in [1.165, 1.54) is 5.56 Å². The maximum absolute atomic E-state index is 13.1. The summed E-state index contributed by atoms with van der Waals surface area (Å²) in [6.07, 6.45) is 2.68. The van der Waals surface area contributed by atoms with Crippen LogP contribution in [0.3, 0.4) is 0 Å². The summed E-state index contributed by atoms with van der Waals surface area (Å²) in [5.41, 5.74) is 3.19. The minimum absolute atomic E-state index is 0.208. The largest absolute Gasteiger partial charge is 0.375 e. The van der Waals surface area contributed by atoms with Gasteiger partial charge in [0.1, 0.15) is 11.4 Å². The third kappa shape index (κ3) is 2.47. The number of aromatic amines is 1. The molecule has 0 spiro atoms. The van der Waals surface area contributed by atoms with Gasteiger partial charge in [0.25, 0.3) is 0 Å². The number of benzene rings is 1. The first-order valence-electron chi connectivity index (χ1n) is 8.20. The van der Waals surface area contributed by atoms with Gasteiger partial charge in [0.2, 0.25) is 10.0 Å². The van der Waals surface area contributed by atoms with Crippen LogP contribution >= 0.6 is 0 Å². The molecule has 2 aliphatic rings. The third-order valence-electron chi connectivity index (χ3n) is 5.20. The Morgan fingerprint density at radius 3 is 2.75 bits per heavy atom. The number of sulfonamides is 1. The topological polar surface area (TPSA) is 75.3 Å². The summed E-state index contributed by atoms with van der Waals surface area (Å²) in [4.78, 5) is 0. The van der Waals surface area contributed by atoms with Crippen molar-refractivity contribution in [2.75, 3.05) is 20.2 Å². The smallest absolute Gasteiger partial charge is 0.219 e. The van der Waals surface area contributed by atoms with Crippen LogP contribution in [0, 0.1) is 0 Å². The fourth-order valence-electron chi connectivity index (χ4n) is 3.80. The third-order valence-corrected chi connectivity index (χ3v) is 7.47. The molecular weight excluding hydrogens is 326 g/mol. The van der Waals surface area contributed by atoms with Crippen molar-refractivity contribution in [3.63, 3.8) is 0 Å². The van der Waals surface area contributed by atoms with E-state index in [1.807, 2.05) is 24.3 Å². The molecule has 0 radical (unpaired) electrons. The SMILES string of the molecule is COC1c2ccccc2CCC1S(=O)(=O)N1CC(c2ccn[nH]2)C1. The highest BCUT2D eigenvalue weighted by Gasteiger charge is 2.46. The zero-order valence-electron chi connectivity index (χ0n) is 13.6. The van der Waals surface area contributed by atoms with Crippen LogP contribution in [0.25, 0.3) is 0 Å². The molecule has 1 aromatic carbocycles. The Kier molecular flexibility index (Phi) is 3.94. The van der Waals surface area contributed by atoms with E-state index in [2.05, 4.69) is 16.3 Å². The summed E-state index contributed by atoms with van der Waals surface area (Å²) in [6, 6.07) is 9.88. The van der Waals surface area contributed by atoms with E-state index in [4.69, 9.17) is 4.74 Å². The lowest BCUT2D eigenvalue weighted by Crippen LogP contribution is -2.53. The first-order valence-corrected chi connectivity index (χ1v) is 9.70. The van der Waals surface area contributed by atoms with Gasteiger partial charge in [-0.3, -0.25) is 5.10 Å². The highest BCUT2D eigenvalue weighted by Crippen LogP contribution is 2.39. The van der Waals surface area contributed by atoms with E-state index in [9.17, 15) is 8.42 Å². The monoisotopic (exact) mass is 347 g/mol. The zero-order chi connectivity index (χ0) is 16.7. The number of rotatable bonds is 4. The zero-order valence-corrected chi connectivity index (χ0v) is 14.4. The molecule has 1 saturated heterocycles. The Balaban J connectivity index is 1.55. The second-order valence-corrected chi connectivity index (χ2v) is 8.65. The number of ether oxygens (including phenoxy) is 1. The number of methoxy groups -OCH3 is 1. The van der Waals surface area contributed by atoms with Crippen molar-refractivity contribution in [2.45, 2.75) is 30.1 Å². The van der Waals surface area contributed by atoms with Gasteiger partial charge in [-0.1, -0.05) is 24.3 Å². The van der Waals surface area contributed by atoms with Gasteiger partial charge in [-0.2, -0.15) is 5.10 Å². The van der Waals surface area contributed by atoms with Gasteiger partial charge in [0.05, 0.1) is 0 Å². The molecule has 1 aromatic heterocycles. The van der Waals surface area contributed by atoms with Crippen LogP contribution in [0.2, 0.25) is 0 Å². The standard InChI is InChI=1S/C17H21N3O3S/c1-23-17-14-5-3-2-4-12(14)6-7-16(17)24(21,22)20-10-13(11-20)15-8-9-18-19-15/h2-5,8-9,13,16-17H,6-7,10-11H2,1H3,(H,18,19). The van der Waals surface area contributed by atoms with E-state index in [0.717, 1.165) is 17.7 Å². The molecule has 128 valence electrons. The average molecular weight is 347 g/mol. The molecule has 2 heterocycles. The van der Waals surface area contributed by atoms with Gasteiger partial charge in [0, 0.05) is 38.0 Å². The van der Waals surface area contributed by atoms with Crippen molar-refractivity contribution in [1.82, 2.24) is 14.5 Å². The number of fused-ring (bicyclic) bond motifs is 1. The minimum Gasteiger partial charge on any atom is -0.375 e. The Hall–Kier alpha value is -1.70. The van der Waals surface area contributed by atoms with Crippen molar-refractivity contribution < 1.29 is 13.2 Å². The molecule has 2 aromatic rings. The van der Waals surface area contributed by atoms with E-state index in [1.54, 1.807) is 17.6 Å². The van der Waals surface area contributed by atoms with Crippen LogP contribution in [0.1, 0.15) is 35.3 Å². The van der Waals surface area contributed by atoms with Crippen molar-refractivity contribution in [3.8, 4) is 0 Å². The summed E-state index contributed by atoms with van der Waals surface area (Å²) in [7, 11) is -1.78. The van der Waals surface area contributed by atoms with Gasteiger partial charge in [-0.05, 0) is 30.0 Å². The molecule has 0 bridgehead atoms. The summed E-state index contributed by atoms with van der Waals surface area (Å²) >= 11 is 0. The molecule has 1 fully saturated rings. The lowest BCUT2D eigenvalue weighted by molar-refractivity contribution is 0.0874. The number of H-pyrrole nitrogens is 1. The van der Waals surface area contributed by atoms with Gasteiger partial charge in [-0.15, -0.1) is 0 Å². The molecule has 0 amide bonds. The molecular formula is C17H21N3O3S. The van der Waals surface area contributed by atoms with Gasteiger partial charge in [-0.25, -0.2) is 12.7 Å². The summed E-state index contributed by atoms with van der Waals surface area (Å²) in [5, 5.41) is 6.35. The molecule has 1 aliphatic heterocycles. The normalized spacial score (nSPS) is 25.2. The minimum atomic E-state index is -3.38. The molecule has 7 heteroatoms. The summed E-state index contributed by atoms with van der Waals surface area (Å²) in [5.74, 6) is 0.208. The molecule has 2 atom stereocenters. The molecule has 2 unspecified atom stereocenters. The fraction of sp³-hybridized carbons (Fsp3) is 0.471. The van der Waals surface area contributed by atoms with Crippen LogP contribution in [0.5, 0.6) is 0 Å². The second kappa shape index (κ2) is 5.98. The number of aryl methyl sites for hydroxylation is 1. The first kappa shape index (κ1) is 15.8. The van der Waals surface area contributed by atoms with Crippen LogP contribution in [-0.4, -0.2) is 48.4 Å². The lowest BCUT2D eigenvalue weighted by Gasteiger charge is -2.42. The predicted molar refractivity (Wildman–Crippen MR) is 90.1 cm³/mol. The molecule has 0 saturated carbocycles. The van der Waals surface area contributed by atoms with Crippen molar-refractivity contribution in [1.29, 1.82) is 0 Å². The number of hydrogen-bond donors (Lipinski definition) is 1. The van der Waals surface area contributed by atoms with Crippen LogP contribution < -0.4 is 0 Å². The number of nitrogens with zero attached hydrogens (tertiary/aromatic N) is 2. The van der Waals surface area contributed by atoms with Crippen LogP contribution in [0.15, 0.2) is 36.5 Å². The Bertz CT molecular complexity index is 813.